The number of amides is 2. The number of nitrogens with two attached hydrogens (primary N) is 1. The number of hydrogen-bond donors (Lipinski definition) is 3. The molecule has 0 saturated heterocycles. The molecule has 0 unspecified atom stereocenters. The Morgan fingerprint density at radius 1 is 1.32 bits per heavy atom. The molecule has 3 aromatic rings. The first kappa shape index (κ1) is 16.4. The van der Waals surface area contributed by atoms with Crippen LogP contribution in [0.25, 0.3) is 11.2 Å². The normalized spacial score (nSPS) is 10.8. The van der Waals surface area contributed by atoms with E-state index in [-0.39, 0.29) is 18.3 Å². The Labute approximate surface area is 141 Å². The molecule has 0 aromatic carbocycles. The van der Waals surface area contributed by atoms with E-state index in [0.717, 1.165) is 0 Å². The van der Waals surface area contributed by atoms with Gasteiger partial charge in [0.15, 0.2) is 5.65 Å². The first-order chi connectivity index (χ1) is 12.0. The van der Waals surface area contributed by atoms with Crippen molar-refractivity contribution >= 4 is 28.9 Å². The molecule has 0 radical (unpaired) electrons. The van der Waals surface area contributed by atoms with Crippen LogP contribution in [0.4, 0.5) is 5.95 Å². The van der Waals surface area contributed by atoms with Gasteiger partial charge in [0.1, 0.15) is 5.52 Å². The molecule has 130 valence electrons. The van der Waals surface area contributed by atoms with E-state index in [9.17, 15) is 9.59 Å². The minimum atomic E-state index is -0.472. The summed E-state index contributed by atoms with van der Waals surface area (Å²) in [5, 5.41) is 8.50. The third-order valence-corrected chi connectivity index (χ3v) is 3.49. The Morgan fingerprint density at radius 3 is 2.84 bits per heavy atom. The third kappa shape index (κ3) is 3.11. The number of carbonyl (C=O) groups excluding carboxylic acids is 2. The fraction of sp³-hybridized carbons (Fsp3) is 0.286. The number of pyridine rings is 1. The van der Waals surface area contributed by atoms with Crippen molar-refractivity contribution in [1.82, 2.24) is 35.3 Å². The van der Waals surface area contributed by atoms with Crippen LogP contribution in [-0.4, -0.2) is 43.5 Å². The number of carbonyl (C=O) groups is 2. The minimum Gasteiger partial charge on any atom is -0.369 e. The second kappa shape index (κ2) is 6.55. The van der Waals surface area contributed by atoms with E-state index in [4.69, 9.17) is 10.3 Å². The number of aromatic nitrogens is 5. The Hall–Kier alpha value is -3.50. The van der Waals surface area contributed by atoms with E-state index < -0.39 is 11.8 Å². The standard InChI is InChI=1S/C14H16N8O3/c1-3-22-11-8(19-14(22)15)4-7(5-17-11)12(23)18-6-9-20-10(21-25-9)13(24)16-2/h4-5H,3,6H2,1-2H3,(H2,15,19)(H,16,24)(H,18,23). The number of rotatable bonds is 5. The lowest BCUT2D eigenvalue weighted by molar-refractivity contribution is 0.0938. The zero-order chi connectivity index (χ0) is 18.0. The van der Waals surface area contributed by atoms with Crippen molar-refractivity contribution in [2.45, 2.75) is 20.0 Å². The summed E-state index contributed by atoms with van der Waals surface area (Å²) >= 11 is 0. The first-order valence-electron chi connectivity index (χ1n) is 7.48. The zero-order valence-electron chi connectivity index (χ0n) is 13.6. The van der Waals surface area contributed by atoms with Gasteiger partial charge < -0.3 is 20.9 Å². The highest BCUT2D eigenvalue weighted by atomic mass is 16.5. The molecule has 0 aliphatic heterocycles. The summed E-state index contributed by atoms with van der Waals surface area (Å²) in [4.78, 5) is 35.9. The van der Waals surface area contributed by atoms with Crippen molar-refractivity contribution in [3.63, 3.8) is 0 Å². The van der Waals surface area contributed by atoms with Crippen LogP contribution in [0.5, 0.6) is 0 Å². The molecule has 0 aliphatic rings. The molecule has 0 bridgehead atoms. The summed E-state index contributed by atoms with van der Waals surface area (Å²) in [6.45, 7) is 2.54. The summed E-state index contributed by atoms with van der Waals surface area (Å²) in [6.07, 6.45) is 1.44. The molecule has 11 nitrogen and oxygen atoms in total. The molecule has 0 fully saturated rings. The third-order valence-electron chi connectivity index (χ3n) is 3.49. The van der Waals surface area contributed by atoms with Crippen LogP contribution in [0.3, 0.4) is 0 Å². The lowest BCUT2D eigenvalue weighted by Crippen LogP contribution is -2.23. The van der Waals surface area contributed by atoms with Crippen molar-refractivity contribution in [1.29, 1.82) is 0 Å². The highest BCUT2D eigenvalue weighted by Crippen LogP contribution is 2.16. The molecule has 3 rings (SSSR count). The number of anilines is 1. The largest absolute Gasteiger partial charge is 0.369 e. The van der Waals surface area contributed by atoms with Gasteiger partial charge in [0, 0.05) is 19.8 Å². The summed E-state index contributed by atoms with van der Waals surface area (Å²) in [5.74, 6) is -0.509. The topological polar surface area (TPSA) is 154 Å². The fourth-order valence-corrected chi connectivity index (χ4v) is 2.25. The number of fused-ring (bicyclic) bond motifs is 1. The highest BCUT2D eigenvalue weighted by molar-refractivity contribution is 5.96. The lowest BCUT2D eigenvalue weighted by Gasteiger charge is -2.03. The van der Waals surface area contributed by atoms with Gasteiger partial charge in [-0.2, -0.15) is 4.98 Å². The Kier molecular flexibility index (Phi) is 4.29. The van der Waals surface area contributed by atoms with Gasteiger partial charge in [-0.15, -0.1) is 0 Å². The monoisotopic (exact) mass is 344 g/mol. The number of nitrogens with one attached hydrogen (secondary N) is 2. The van der Waals surface area contributed by atoms with Crippen LogP contribution < -0.4 is 16.4 Å². The van der Waals surface area contributed by atoms with Crippen LogP contribution in [0.15, 0.2) is 16.8 Å². The maximum atomic E-state index is 12.2. The summed E-state index contributed by atoms with van der Waals surface area (Å²) < 4.78 is 6.64. The van der Waals surface area contributed by atoms with Crippen LogP contribution in [0, 0.1) is 0 Å². The van der Waals surface area contributed by atoms with Gasteiger partial charge >= 0.3 is 0 Å². The quantitative estimate of drug-likeness (QED) is 0.570. The van der Waals surface area contributed by atoms with Gasteiger partial charge in [0.2, 0.25) is 11.8 Å². The molecule has 2 amide bonds. The van der Waals surface area contributed by atoms with E-state index in [0.29, 0.717) is 29.2 Å². The van der Waals surface area contributed by atoms with Gasteiger partial charge in [-0.25, -0.2) is 9.97 Å². The average molecular weight is 344 g/mol. The maximum Gasteiger partial charge on any atom is 0.292 e. The lowest BCUT2D eigenvalue weighted by atomic mass is 10.2. The number of hydrogen-bond acceptors (Lipinski definition) is 8. The van der Waals surface area contributed by atoms with Crippen molar-refractivity contribution in [3.05, 3.63) is 29.5 Å². The summed E-state index contributed by atoms with van der Waals surface area (Å²) in [5.41, 5.74) is 7.28. The first-order valence-corrected chi connectivity index (χ1v) is 7.48. The van der Waals surface area contributed by atoms with Gasteiger partial charge in [-0.05, 0) is 13.0 Å². The van der Waals surface area contributed by atoms with E-state index in [1.807, 2.05) is 6.92 Å². The molecular weight excluding hydrogens is 328 g/mol. The average Bonchev–Trinajstić information content (AvgIpc) is 3.21. The molecule has 4 N–H and O–H groups in total. The van der Waals surface area contributed by atoms with Crippen LogP contribution in [0.1, 0.15) is 33.8 Å². The molecule has 0 atom stereocenters. The number of nitrogens with zero attached hydrogens (tertiary/aromatic N) is 5. The van der Waals surface area contributed by atoms with E-state index in [1.54, 1.807) is 10.6 Å². The second-order valence-electron chi connectivity index (χ2n) is 5.05. The van der Waals surface area contributed by atoms with Crippen LogP contribution in [-0.2, 0) is 13.1 Å². The molecule has 25 heavy (non-hydrogen) atoms. The van der Waals surface area contributed by atoms with Crippen LogP contribution in [0.2, 0.25) is 0 Å². The van der Waals surface area contributed by atoms with E-state index in [1.165, 1.54) is 13.2 Å². The molecular formula is C14H16N8O3. The summed E-state index contributed by atoms with van der Waals surface area (Å²) in [6, 6.07) is 1.60. The van der Waals surface area contributed by atoms with E-state index >= 15 is 0 Å². The zero-order valence-corrected chi connectivity index (χ0v) is 13.6. The predicted molar refractivity (Wildman–Crippen MR) is 86.5 cm³/mol. The smallest absolute Gasteiger partial charge is 0.292 e. The predicted octanol–water partition coefficient (Wildman–Crippen LogP) is -0.294. The molecule has 0 spiro atoms. The van der Waals surface area contributed by atoms with Gasteiger partial charge in [-0.1, -0.05) is 5.16 Å². The van der Waals surface area contributed by atoms with Crippen molar-refractivity contribution < 1.29 is 14.1 Å². The molecule has 0 aliphatic carbocycles. The molecule has 11 heteroatoms. The fourth-order valence-electron chi connectivity index (χ4n) is 2.25. The SMILES string of the molecule is CCn1c(N)nc2cc(C(=O)NCc3nc(C(=O)NC)no3)cnc21. The van der Waals surface area contributed by atoms with Crippen molar-refractivity contribution in [2.24, 2.45) is 0 Å². The van der Waals surface area contributed by atoms with Gasteiger partial charge in [0.25, 0.3) is 17.6 Å². The Morgan fingerprint density at radius 2 is 2.12 bits per heavy atom. The number of nitrogen functional groups attached to an aromatic ring is 1. The minimum absolute atomic E-state index is 0.0214. The van der Waals surface area contributed by atoms with Gasteiger partial charge in [0.05, 0.1) is 12.1 Å². The molecule has 0 saturated carbocycles. The molecule has 3 heterocycles. The number of aryl methyl sites for hydroxylation is 1. The second-order valence-corrected chi connectivity index (χ2v) is 5.05. The van der Waals surface area contributed by atoms with Gasteiger partial charge in [-0.3, -0.25) is 14.2 Å². The van der Waals surface area contributed by atoms with E-state index in [2.05, 4.69) is 30.7 Å². The summed E-state index contributed by atoms with van der Waals surface area (Å²) in [7, 11) is 1.45. The van der Waals surface area contributed by atoms with Crippen molar-refractivity contribution in [3.8, 4) is 0 Å². The Balaban J connectivity index is 1.72. The molecule has 3 aromatic heterocycles. The highest BCUT2D eigenvalue weighted by Gasteiger charge is 2.15. The number of imidazole rings is 1. The Bertz CT molecular complexity index is 945. The van der Waals surface area contributed by atoms with Crippen LogP contribution >= 0.6 is 0 Å². The van der Waals surface area contributed by atoms with Crippen molar-refractivity contribution in [2.75, 3.05) is 12.8 Å². The maximum absolute atomic E-state index is 12.2.